The van der Waals surface area contributed by atoms with Crippen molar-refractivity contribution in [2.75, 3.05) is 36.4 Å². The predicted octanol–water partition coefficient (Wildman–Crippen LogP) is 7.47. The molecule has 3 aliphatic rings. The molecule has 1 amide bonds. The summed E-state index contributed by atoms with van der Waals surface area (Å²) >= 11 is 0. The van der Waals surface area contributed by atoms with Crippen molar-refractivity contribution in [2.45, 2.75) is 50.6 Å². The van der Waals surface area contributed by atoms with Crippen molar-refractivity contribution in [2.24, 2.45) is 5.92 Å². The number of ketones is 1. The summed E-state index contributed by atoms with van der Waals surface area (Å²) in [4.78, 5) is 34.6. The maximum Gasteiger partial charge on any atom is 0.416 e. The van der Waals surface area contributed by atoms with Gasteiger partial charge in [-0.2, -0.15) is 13.2 Å². The Morgan fingerprint density at radius 3 is 2.11 bits per heavy atom. The van der Waals surface area contributed by atoms with E-state index in [1.807, 2.05) is 53.4 Å². The highest BCUT2D eigenvalue weighted by molar-refractivity contribution is 6.03. The van der Waals surface area contributed by atoms with Crippen LogP contribution >= 0.6 is 0 Å². The van der Waals surface area contributed by atoms with E-state index in [0.717, 1.165) is 18.4 Å². The number of piperidine rings is 2. The Kier molecular flexibility index (Phi) is 9.42. The molecule has 2 saturated heterocycles. The maximum atomic E-state index is 14.1. The topological polar surface area (TPSA) is 74.8 Å². The Bertz CT molecular complexity index is 1570. The van der Waals surface area contributed by atoms with Gasteiger partial charge in [0.15, 0.2) is 11.7 Å². The minimum atomic E-state index is -4.72. The number of Topliss-reactive ketones (excluding diaryl/α,β-unsaturated/α-hetero) is 1. The second kappa shape index (κ2) is 13.8. The molecule has 4 heterocycles. The van der Waals surface area contributed by atoms with Gasteiger partial charge < -0.3 is 19.9 Å². The molecule has 0 aliphatic carbocycles. The predicted molar refractivity (Wildman–Crippen MR) is 170 cm³/mol. The van der Waals surface area contributed by atoms with Gasteiger partial charge in [0.2, 0.25) is 5.76 Å². The first kappa shape index (κ1) is 31.4. The molecule has 1 N–H and O–H groups in total. The number of allylic oxidation sites excluding steroid dienone is 2. The van der Waals surface area contributed by atoms with E-state index in [0.29, 0.717) is 56.6 Å². The summed E-state index contributed by atoms with van der Waals surface area (Å²) in [6.45, 7) is 2.53. The van der Waals surface area contributed by atoms with Gasteiger partial charge in [-0.1, -0.05) is 60.7 Å². The number of nitrogens with zero attached hydrogens (tertiary/aromatic N) is 3. The van der Waals surface area contributed by atoms with Crippen molar-refractivity contribution in [3.05, 3.63) is 113 Å². The second-order valence-electron chi connectivity index (χ2n) is 12.0. The van der Waals surface area contributed by atoms with E-state index >= 15 is 0 Å². The number of carbonyl (C=O) groups excluding carboxylic acids is 2. The van der Waals surface area contributed by atoms with Gasteiger partial charge >= 0.3 is 6.18 Å². The van der Waals surface area contributed by atoms with Crippen molar-refractivity contribution >= 4 is 23.2 Å². The highest BCUT2D eigenvalue weighted by Crippen LogP contribution is 2.37. The molecule has 10 heteroatoms. The number of benzene rings is 2. The molecule has 6 rings (SSSR count). The van der Waals surface area contributed by atoms with Crippen LogP contribution in [0.1, 0.15) is 60.4 Å². The zero-order valence-electron chi connectivity index (χ0n) is 25.5. The first-order chi connectivity index (χ1) is 22.3. The number of ether oxygens (including phenoxy) is 1. The van der Waals surface area contributed by atoms with E-state index in [9.17, 15) is 22.8 Å². The molecule has 2 aromatic carbocycles. The number of nitrogens with one attached hydrogen (secondary N) is 1. The van der Waals surface area contributed by atoms with Crippen LogP contribution in [-0.4, -0.2) is 53.9 Å². The third kappa shape index (κ3) is 7.27. The number of amides is 1. The molecule has 240 valence electrons. The fourth-order valence-corrected chi connectivity index (χ4v) is 6.51. The Morgan fingerprint density at radius 2 is 1.48 bits per heavy atom. The summed E-state index contributed by atoms with van der Waals surface area (Å²) in [5.41, 5.74) is 1.25. The van der Waals surface area contributed by atoms with Gasteiger partial charge in [0, 0.05) is 37.7 Å². The molecule has 46 heavy (non-hydrogen) atoms. The van der Waals surface area contributed by atoms with Crippen molar-refractivity contribution in [3.8, 4) is 0 Å². The second-order valence-corrected chi connectivity index (χ2v) is 12.0. The molecule has 0 radical (unpaired) electrons. The fourth-order valence-electron chi connectivity index (χ4n) is 6.51. The molecule has 7 nitrogen and oxygen atoms in total. The standard InChI is InChI=1S/C36H37F3N4O3/c37-36(38,39)30-12-7-13-32(43-22-16-26(17-23-43)25-8-3-1-4-9-25)46-34(30)35(45)41-29-14-15-31(40-24-29)42-20-18-28(19-21-42)33(44)27-10-5-2-6-11-27/h1-6,8-11,13-15,24,26,28H,7,12,16-23H2,(H,41,45). The average Bonchev–Trinajstić information content (AvgIpc) is 3.33. The number of hydrogen-bond donors (Lipinski definition) is 1. The summed E-state index contributed by atoms with van der Waals surface area (Å²) in [5.74, 6) is -0.264. The number of carbonyl (C=O) groups is 2. The highest BCUT2D eigenvalue weighted by Gasteiger charge is 2.41. The van der Waals surface area contributed by atoms with Crippen molar-refractivity contribution < 1.29 is 27.5 Å². The Balaban J connectivity index is 1.08. The monoisotopic (exact) mass is 630 g/mol. The lowest BCUT2D eigenvalue weighted by Crippen LogP contribution is -2.36. The quantitative estimate of drug-likeness (QED) is 0.273. The van der Waals surface area contributed by atoms with Crippen LogP contribution < -0.4 is 10.2 Å². The van der Waals surface area contributed by atoms with Gasteiger partial charge in [0.05, 0.1) is 17.5 Å². The minimum absolute atomic E-state index is 0.0537. The molecule has 0 spiro atoms. The number of anilines is 2. The largest absolute Gasteiger partial charge is 0.435 e. The average molecular weight is 631 g/mol. The fraction of sp³-hybridized carbons (Fsp3) is 0.361. The van der Waals surface area contributed by atoms with Crippen LogP contribution in [0.25, 0.3) is 0 Å². The summed E-state index contributed by atoms with van der Waals surface area (Å²) in [5, 5.41) is 2.57. The third-order valence-corrected chi connectivity index (χ3v) is 9.07. The van der Waals surface area contributed by atoms with E-state index in [1.165, 1.54) is 11.8 Å². The van der Waals surface area contributed by atoms with Crippen LogP contribution in [0.2, 0.25) is 0 Å². The van der Waals surface area contributed by atoms with Gasteiger partial charge in [0.1, 0.15) is 5.82 Å². The molecular formula is C36H37F3N4O3. The summed E-state index contributed by atoms with van der Waals surface area (Å²) in [7, 11) is 0. The van der Waals surface area contributed by atoms with Gasteiger partial charge in [-0.3, -0.25) is 9.59 Å². The Labute approximate surface area is 266 Å². The van der Waals surface area contributed by atoms with Crippen LogP contribution in [-0.2, 0) is 9.53 Å². The van der Waals surface area contributed by atoms with Crippen LogP contribution in [0.3, 0.4) is 0 Å². The zero-order valence-corrected chi connectivity index (χ0v) is 25.5. The molecule has 0 bridgehead atoms. The maximum absolute atomic E-state index is 14.1. The van der Waals surface area contributed by atoms with E-state index in [4.69, 9.17) is 4.74 Å². The number of alkyl halides is 3. The smallest absolute Gasteiger partial charge is 0.416 e. The van der Waals surface area contributed by atoms with E-state index in [-0.39, 0.29) is 30.2 Å². The number of aromatic nitrogens is 1. The number of halogens is 3. The molecule has 2 fully saturated rings. The minimum Gasteiger partial charge on any atom is -0.435 e. The summed E-state index contributed by atoms with van der Waals surface area (Å²) in [6.07, 6.45) is 1.19. The number of rotatable bonds is 7. The number of likely N-dealkylation sites (tertiary alicyclic amines) is 1. The third-order valence-electron chi connectivity index (χ3n) is 9.07. The Morgan fingerprint density at radius 1 is 0.826 bits per heavy atom. The molecule has 0 atom stereocenters. The van der Waals surface area contributed by atoms with Crippen molar-refractivity contribution in [1.29, 1.82) is 0 Å². The van der Waals surface area contributed by atoms with E-state index in [1.54, 1.807) is 18.2 Å². The van der Waals surface area contributed by atoms with Crippen LogP contribution in [0, 0.1) is 5.92 Å². The zero-order chi connectivity index (χ0) is 32.1. The Hall–Kier alpha value is -4.60. The van der Waals surface area contributed by atoms with Crippen molar-refractivity contribution in [1.82, 2.24) is 9.88 Å². The lowest BCUT2D eigenvalue weighted by Gasteiger charge is -2.34. The van der Waals surface area contributed by atoms with E-state index in [2.05, 4.69) is 27.3 Å². The van der Waals surface area contributed by atoms with Gasteiger partial charge in [-0.25, -0.2) is 4.98 Å². The van der Waals surface area contributed by atoms with Crippen LogP contribution in [0.15, 0.2) is 102 Å². The molecule has 3 aliphatic heterocycles. The molecule has 0 unspecified atom stereocenters. The normalized spacial score (nSPS) is 18.5. The first-order valence-electron chi connectivity index (χ1n) is 15.9. The van der Waals surface area contributed by atoms with Gasteiger partial charge in [-0.05, 0) is 68.2 Å². The van der Waals surface area contributed by atoms with Crippen LogP contribution in [0.4, 0.5) is 24.7 Å². The van der Waals surface area contributed by atoms with Gasteiger partial charge in [-0.15, -0.1) is 0 Å². The van der Waals surface area contributed by atoms with Crippen molar-refractivity contribution in [3.63, 3.8) is 0 Å². The molecule has 1 aromatic heterocycles. The first-order valence-corrected chi connectivity index (χ1v) is 15.9. The number of hydrogen-bond acceptors (Lipinski definition) is 6. The van der Waals surface area contributed by atoms with Gasteiger partial charge in [0.25, 0.3) is 5.91 Å². The molecule has 3 aromatic rings. The highest BCUT2D eigenvalue weighted by atomic mass is 19.4. The van der Waals surface area contributed by atoms with E-state index < -0.39 is 23.4 Å². The van der Waals surface area contributed by atoms with Crippen LogP contribution in [0.5, 0.6) is 0 Å². The summed E-state index contributed by atoms with van der Waals surface area (Å²) in [6, 6.07) is 22.8. The lowest BCUT2D eigenvalue weighted by molar-refractivity contribution is -0.119. The SMILES string of the molecule is O=C(Nc1ccc(N2CCC(C(=O)c3ccccc3)CC2)nc1)C1=C(C(F)(F)F)CCC=C(N2CCC(c3ccccc3)CC2)O1. The number of pyridine rings is 1. The molecule has 0 saturated carbocycles. The summed E-state index contributed by atoms with van der Waals surface area (Å²) < 4.78 is 48.2. The lowest BCUT2D eigenvalue weighted by atomic mass is 9.89. The molecular weight excluding hydrogens is 593 g/mol.